The topological polar surface area (TPSA) is 50.8 Å². The van der Waals surface area contributed by atoms with E-state index in [-0.39, 0.29) is 24.5 Å². The molecule has 0 radical (unpaired) electrons. The van der Waals surface area contributed by atoms with E-state index in [1.807, 2.05) is 13.8 Å². The number of allylic oxidation sites excluding steroid dienone is 3. The Bertz CT molecular complexity index is 1220. The molecule has 0 amide bonds. The van der Waals surface area contributed by atoms with Crippen LogP contribution in [0.25, 0.3) is 5.57 Å². The van der Waals surface area contributed by atoms with Gasteiger partial charge in [0.2, 0.25) is 0 Å². The largest absolute Gasteiger partial charge is 0.487 e. The van der Waals surface area contributed by atoms with E-state index in [1.54, 1.807) is 25.3 Å². The van der Waals surface area contributed by atoms with Gasteiger partial charge in [-0.15, -0.1) is 0 Å². The molecule has 1 aliphatic rings. The first kappa shape index (κ1) is 28.5. The van der Waals surface area contributed by atoms with Crippen LogP contribution in [-0.4, -0.2) is 22.9 Å². The van der Waals surface area contributed by atoms with E-state index in [0.717, 1.165) is 12.5 Å². The highest BCUT2D eigenvalue weighted by Crippen LogP contribution is 2.40. The van der Waals surface area contributed by atoms with E-state index < -0.39 is 34.5 Å². The Balaban J connectivity index is 1.72. The van der Waals surface area contributed by atoms with Gasteiger partial charge < -0.3 is 10.5 Å². The predicted octanol–water partition coefficient (Wildman–Crippen LogP) is 7.26. The van der Waals surface area contributed by atoms with Crippen LogP contribution in [-0.2, 0) is 0 Å². The minimum atomic E-state index is -1.84. The molecule has 0 aliphatic carbocycles. The van der Waals surface area contributed by atoms with Crippen LogP contribution >= 0.6 is 9.24 Å². The Kier molecular flexibility index (Phi) is 9.19. The van der Waals surface area contributed by atoms with Crippen molar-refractivity contribution in [2.75, 3.05) is 6.61 Å². The van der Waals surface area contributed by atoms with Crippen LogP contribution in [0.2, 0.25) is 0 Å². The highest BCUT2D eigenvalue weighted by Gasteiger charge is 2.32. The summed E-state index contributed by atoms with van der Waals surface area (Å²) >= 11 is 0. The van der Waals surface area contributed by atoms with E-state index in [9.17, 15) is 8.78 Å². The molecule has 0 saturated heterocycles. The number of hydrogen-bond donors (Lipinski definition) is 1. The summed E-state index contributed by atoms with van der Waals surface area (Å²) in [6, 6.07) is 7.93. The van der Waals surface area contributed by atoms with Gasteiger partial charge in [-0.1, -0.05) is 48.7 Å². The van der Waals surface area contributed by atoms with Crippen LogP contribution in [0, 0.1) is 23.4 Å². The number of hydrazone groups is 1. The Morgan fingerprint density at radius 2 is 1.84 bits per heavy atom. The highest BCUT2D eigenvalue weighted by atomic mass is 31.0. The van der Waals surface area contributed by atoms with Crippen molar-refractivity contribution in [1.29, 1.82) is 0 Å². The first-order valence-corrected chi connectivity index (χ1v) is 12.6. The quantitative estimate of drug-likeness (QED) is 0.151. The lowest BCUT2D eigenvalue weighted by atomic mass is 9.94. The number of benzene rings is 2. The normalized spacial score (nSPS) is 17.3. The molecule has 9 heteroatoms. The van der Waals surface area contributed by atoms with Gasteiger partial charge in [0.1, 0.15) is 17.1 Å². The van der Waals surface area contributed by atoms with Crippen LogP contribution < -0.4 is 10.5 Å². The zero-order chi connectivity index (χ0) is 27.3. The van der Waals surface area contributed by atoms with Crippen LogP contribution in [0.3, 0.4) is 0 Å². The van der Waals surface area contributed by atoms with Crippen molar-refractivity contribution in [3.8, 4) is 5.75 Å². The number of nitrogens with zero attached hydrogens (tertiary/aromatic N) is 2. The zero-order valence-electron chi connectivity index (χ0n) is 21.1. The van der Waals surface area contributed by atoms with E-state index in [4.69, 9.17) is 10.5 Å². The monoisotopic (exact) mass is 533 g/mol. The molecule has 3 rings (SSSR count). The van der Waals surface area contributed by atoms with Crippen LogP contribution in [0.15, 0.2) is 72.1 Å². The number of hydrogen-bond acceptors (Lipinski definition) is 3. The molecule has 4 unspecified atom stereocenters. The fraction of sp³-hybridized carbons (Fsp3) is 0.321. The fourth-order valence-electron chi connectivity index (χ4n) is 3.68. The third-order valence-electron chi connectivity index (χ3n) is 6.53. The number of amidine groups is 1. The second-order valence-corrected chi connectivity index (χ2v) is 10.1. The maximum Gasteiger partial charge on any atom is 0.191 e. The summed E-state index contributed by atoms with van der Waals surface area (Å²) in [6.07, 6.45) is 5.48. The predicted molar refractivity (Wildman–Crippen MR) is 144 cm³/mol. The molecular formula is C28H32F4N3OP. The highest BCUT2D eigenvalue weighted by molar-refractivity contribution is 7.18. The zero-order valence-corrected chi connectivity index (χ0v) is 22.3. The smallest absolute Gasteiger partial charge is 0.191 e. The molecular weight excluding hydrogens is 501 g/mol. The van der Waals surface area contributed by atoms with E-state index in [0.29, 0.717) is 22.7 Å². The van der Waals surface area contributed by atoms with Crippen LogP contribution in [0.1, 0.15) is 50.7 Å². The molecule has 2 aromatic carbocycles. The Labute approximate surface area is 217 Å². The van der Waals surface area contributed by atoms with Crippen molar-refractivity contribution >= 4 is 20.6 Å². The summed E-state index contributed by atoms with van der Waals surface area (Å²) in [6.45, 7) is 9.28. The average molecular weight is 534 g/mol. The van der Waals surface area contributed by atoms with E-state index in [1.165, 1.54) is 35.3 Å². The molecule has 37 heavy (non-hydrogen) atoms. The Morgan fingerprint density at radius 1 is 1.16 bits per heavy atom. The molecule has 4 nitrogen and oxygen atoms in total. The van der Waals surface area contributed by atoms with Gasteiger partial charge >= 0.3 is 0 Å². The van der Waals surface area contributed by atoms with Crippen molar-refractivity contribution in [3.05, 3.63) is 95.6 Å². The van der Waals surface area contributed by atoms with Gasteiger partial charge in [-0.25, -0.2) is 22.6 Å². The molecule has 1 aliphatic heterocycles. The van der Waals surface area contributed by atoms with E-state index >= 15 is 8.78 Å². The summed E-state index contributed by atoms with van der Waals surface area (Å²) in [5.41, 5.74) is 7.61. The number of rotatable bonds is 10. The summed E-state index contributed by atoms with van der Waals surface area (Å²) in [4.78, 5) is 0. The molecule has 2 aromatic rings. The van der Waals surface area contributed by atoms with Gasteiger partial charge in [-0.05, 0) is 54.0 Å². The minimum absolute atomic E-state index is 0.0871. The SMILES string of the molecule is C=C1C=C(c2ccc(F)c(OCCC(F)(P)C(C)c3ccc(F)cc3)c2F)C=CN1/N=C(/N)C(C)CC. The van der Waals surface area contributed by atoms with Gasteiger partial charge in [-0.2, -0.15) is 5.10 Å². The van der Waals surface area contributed by atoms with Crippen LogP contribution in [0.4, 0.5) is 17.6 Å². The summed E-state index contributed by atoms with van der Waals surface area (Å²) in [5, 5.41) is 3.99. The Hall–Kier alpha value is -3.12. The van der Waals surface area contributed by atoms with Gasteiger partial charge in [0.15, 0.2) is 17.4 Å². The third kappa shape index (κ3) is 6.80. The van der Waals surface area contributed by atoms with Gasteiger partial charge in [-0.3, -0.25) is 0 Å². The Morgan fingerprint density at radius 3 is 2.46 bits per heavy atom. The maximum atomic E-state index is 15.3. The standard InChI is InChI=1S/C28H32F4N3OP/c1-5-17(2)27(33)34-35-14-12-21(16-18(35)3)23-10-11-24(30)26(25(23)31)36-15-13-28(32,37)19(4)20-6-8-22(29)9-7-20/h6-12,14,16-17,19H,3,5,13,15,37H2,1-2,4H3,(H2,33,34). The first-order chi connectivity index (χ1) is 17.4. The number of ether oxygens (including phenoxy) is 1. The summed E-state index contributed by atoms with van der Waals surface area (Å²) < 4.78 is 63.7. The third-order valence-corrected chi connectivity index (χ3v) is 7.32. The van der Waals surface area contributed by atoms with Gasteiger partial charge in [0.05, 0.1) is 12.3 Å². The van der Waals surface area contributed by atoms with Crippen molar-refractivity contribution in [2.24, 2.45) is 16.8 Å². The molecule has 0 fully saturated rings. The van der Waals surface area contributed by atoms with Crippen molar-refractivity contribution in [2.45, 2.75) is 44.9 Å². The fourth-order valence-corrected chi connectivity index (χ4v) is 3.99. The lowest BCUT2D eigenvalue weighted by Crippen LogP contribution is -2.25. The van der Waals surface area contributed by atoms with Crippen LogP contribution in [0.5, 0.6) is 5.75 Å². The molecule has 2 N–H and O–H groups in total. The lowest BCUT2D eigenvalue weighted by molar-refractivity contribution is 0.177. The first-order valence-electron chi connectivity index (χ1n) is 12.0. The number of nitrogens with two attached hydrogens (primary N) is 1. The summed E-state index contributed by atoms with van der Waals surface area (Å²) in [5.74, 6) is -2.89. The van der Waals surface area contributed by atoms with Crippen molar-refractivity contribution in [1.82, 2.24) is 5.01 Å². The molecule has 0 bridgehead atoms. The lowest BCUT2D eigenvalue weighted by Gasteiger charge is -2.28. The number of alkyl halides is 1. The second kappa shape index (κ2) is 12.0. The minimum Gasteiger partial charge on any atom is -0.487 e. The molecule has 0 spiro atoms. The molecule has 0 aromatic heterocycles. The van der Waals surface area contributed by atoms with Crippen molar-refractivity contribution < 1.29 is 22.3 Å². The van der Waals surface area contributed by atoms with Crippen molar-refractivity contribution in [3.63, 3.8) is 0 Å². The second-order valence-electron chi connectivity index (χ2n) is 9.12. The maximum absolute atomic E-state index is 15.3. The average Bonchev–Trinajstić information content (AvgIpc) is 2.86. The van der Waals surface area contributed by atoms with Gasteiger partial charge in [0.25, 0.3) is 0 Å². The van der Waals surface area contributed by atoms with E-state index in [2.05, 4.69) is 20.9 Å². The molecule has 1 heterocycles. The molecule has 0 saturated carbocycles. The molecule has 4 atom stereocenters. The number of halogens is 4. The molecule has 198 valence electrons. The van der Waals surface area contributed by atoms with Gasteiger partial charge in [0, 0.05) is 30.0 Å². The summed E-state index contributed by atoms with van der Waals surface area (Å²) in [7, 11) is 2.13.